The molecule has 162 valence electrons. The van der Waals surface area contributed by atoms with Gasteiger partial charge in [0.2, 0.25) is 0 Å². The summed E-state index contributed by atoms with van der Waals surface area (Å²) in [5, 5.41) is 23.7. The van der Waals surface area contributed by atoms with Crippen LogP contribution in [0.5, 0.6) is 5.75 Å². The van der Waals surface area contributed by atoms with E-state index in [1.54, 1.807) is 12.3 Å². The molecule has 0 bridgehead atoms. The lowest BCUT2D eigenvalue weighted by Gasteiger charge is -2.20. The molecule has 0 unspecified atom stereocenters. The van der Waals surface area contributed by atoms with E-state index >= 15 is 0 Å². The monoisotopic (exact) mass is 439 g/mol. The molecule has 1 aliphatic carbocycles. The summed E-state index contributed by atoms with van der Waals surface area (Å²) in [5.41, 5.74) is 1.12. The van der Waals surface area contributed by atoms with Crippen LogP contribution in [0.1, 0.15) is 31.2 Å². The van der Waals surface area contributed by atoms with E-state index in [9.17, 15) is 9.50 Å². The second-order valence-electron chi connectivity index (χ2n) is 8.59. The number of aryl methyl sites for hydroxylation is 1. The van der Waals surface area contributed by atoms with Gasteiger partial charge >= 0.3 is 0 Å². The van der Waals surface area contributed by atoms with E-state index in [0.29, 0.717) is 33.8 Å². The van der Waals surface area contributed by atoms with Crippen molar-refractivity contribution in [3.8, 4) is 27.4 Å². The molecule has 0 radical (unpaired) electrons. The van der Waals surface area contributed by atoms with Crippen LogP contribution in [0.3, 0.4) is 0 Å². The minimum Gasteiger partial charge on any atom is -0.507 e. The highest BCUT2D eigenvalue weighted by Crippen LogP contribution is 2.37. The van der Waals surface area contributed by atoms with Crippen LogP contribution in [0.2, 0.25) is 0 Å². The lowest BCUT2D eigenvalue weighted by molar-refractivity contribution is 0.433. The Morgan fingerprint density at radius 2 is 2.03 bits per heavy atom. The van der Waals surface area contributed by atoms with Crippen molar-refractivity contribution in [3.63, 3.8) is 0 Å². The summed E-state index contributed by atoms with van der Waals surface area (Å²) in [4.78, 5) is 7.08. The fraction of sp³-hybridized carbons (Fsp3) is 0.435. The lowest BCUT2D eigenvalue weighted by Crippen LogP contribution is -2.39. The maximum Gasteiger partial charge on any atom is 0.151 e. The van der Waals surface area contributed by atoms with Crippen molar-refractivity contribution in [1.29, 1.82) is 0 Å². The van der Waals surface area contributed by atoms with E-state index in [-0.39, 0.29) is 5.75 Å². The molecule has 2 N–H and O–H groups in total. The summed E-state index contributed by atoms with van der Waals surface area (Å²) in [6.07, 6.45) is 5.40. The van der Waals surface area contributed by atoms with Gasteiger partial charge in [0.15, 0.2) is 5.82 Å². The van der Waals surface area contributed by atoms with E-state index in [0.717, 1.165) is 36.3 Å². The van der Waals surface area contributed by atoms with Gasteiger partial charge in [-0.15, -0.1) is 21.5 Å². The van der Waals surface area contributed by atoms with Crippen molar-refractivity contribution >= 4 is 17.2 Å². The number of hydrogen-bond donors (Lipinski definition) is 2. The highest BCUT2D eigenvalue weighted by molar-refractivity contribution is 7.15. The first kappa shape index (κ1) is 20.3. The SMILES string of the molecule is Cc1ncc(-c2cc(O)c(-c3ccc(N4CC[C@@H](N[C@@H](C)C5CC5)C4)nn3)cc2F)s1. The highest BCUT2D eigenvalue weighted by Gasteiger charge is 2.31. The summed E-state index contributed by atoms with van der Waals surface area (Å²) in [5.74, 6) is 1.21. The van der Waals surface area contributed by atoms with Gasteiger partial charge in [-0.3, -0.25) is 0 Å². The molecule has 2 aliphatic rings. The Bertz CT molecular complexity index is 1080. The van der Waals surface area contributed by atoms with Crippen molar-refractivity contribution in [2.45, 2.75) is 45.2 Å². The van der Waals surface area contributed by atoms with E-state index in [4.69, 9.17) is 0 Å². The number of aromatic nitrogens is 3. The molecule has 1 aliphatic heterocycles. The van der Waals surface area contributed by atoms with Crippen LogP contribution >= 0.6 is 11.3 Å². The van der Waals surface area contributed by atoms with Crippen molar-refractivity contribution in [2.24, 2.45) is 5.92 Å². The van der Waals surface area contributed by atoms with Crippen LogP contribution in [-0.4, -0.2) is 45.5 Å². The van der Waals surface area contributed by atoms with Crippen LogP contribution in [-0.2, 0) is 0 Å². The second kappa shape index (κ2) is 8.16. The van der Waals surface area contributed by atoms with Crippen LogP contribution in [0.25, 0.3) is 21.7 Å². The largest absolute Gasteiger partial charge is 0.507 e. The Labute approximate surface area is 185 Å². The average Bonchev–Trinajstić information content (AvgIpc) is 3.38. The van der Waals surface area contributed by atoms with Gasteiger partial charge in [-0.25, -0.2) is 9.37 Å². The van der Waals surface area contributed by atoms with E-state index in [1.165, 1.54) is 36.3 Å². The molecule has 1 saturated heterocycles. The number of hydrogen-bond acceptors (Lipinski definition) is 7. The number of aromatic hydroxyl groups is 1. The molecular formula is C23H26FN5OS. The number of thiazole rings is 1. The molecule has 5 rings (SSSR count). The highest BCUT2D eigenvalue weighted by atomic mass is 32.1. The molecular weight excluding hydrogens is 413 g/mol. The molecule has 2 atom stereocenters. The summed E-state index contributed by atoms with van der Waals surface area (Å²) in [6, 6.07) is 7.49. The summed E-state index contributed by atoms with van der Waals surface area (Å²) in [6.45, 7) is 5.99. The molecule has 1 saturated carbocycles. The van der Waals surface area contributed by atoms with Gasteiger partial charge in [0.05, 0.1) is 15.6 Å². The summed E-state index contributed by atoms with van der Waals surface area (Å²) < 4.78 is 14.7. The predicted octanol–water partition coefficient (Wildman–Crippen LogP) is 4.39. The molecule has 2 aromatic heterocycles. The predicted molar refractivity (Wildman–Crippen MR) is 121 cm³/mol. The molecule has 31 heavy (non-hydrogen) atoms. The standard InChI is InChI=1S/C23H26FN5OS/c1-13(15-3-4-15)26-16-7-8-29(12-16)23-6-5-20(27-28-23)18-9-19(24)17(10-21(18)30)22-11-25-14(2)31-22/h5-6,9-11,13,15-16,26,30H,3-4,7-8,12H2,1-2H3/t13-,16+/m0/s1. The molecule has 8 heteroatoms. The third kappa shape index (κ3) is 4.27. The first-order valence-electron chi connectivity index (χ1n) is 10.8. The smallest absolute Gasteiger partial charge is 0.151 e. The first-order chi connectivity index (χ1) is 15.0. The van der Waals surface area contributed by atoms with Crippen LogP contribution in [0.4, 0.5) is 10.2 Å². The number of nitrogens with zero attached hydrogens (tertiary/aromatic N) is 4. The summed E-state index contributed by atoms with van der Waals surface area (Å²) in [7, 11) is 0. The Hall–Kier alpha value is -2.58. The minimum atomic E-state index is -0.416. The second-order valence-corrected chi connectivity index (χ2v) is 9.83. The van der Waals surface area contributed by atoms with Gasteiger partial charge in [0.1, 0.15) is 11.6 Å². The Morgan fingerprint density at radius 1 is 1.19 bits per heavy atom. The molecule has 0 spiro atoms. The van der Waals surface area contributed by atoms with Gasteiger partial charge in [0.25, 0.3) is 0 Å². The fourth-order valence-electron chi connectivity index (χ4n) is 4.29. The third-order valence-corrected chi connectivity index (χ3v) is 7.18. The Kier molecular flexibility index (Phi) is 5.35. The van der Waals surface area contributed by atoms with E-state index in [1.807, 2.05) is 13.0 Å². The first-order valence-corrected chi connectivity index (χ1v) is 11.6. The fourth-order valence-corrected chi connectivity index (χ4v) is 5.08. The van der Waals surface area contributed by atoms with Crippen molar-refractivity contribution < 1.29 is 9.50 Å². The Balaban J connectivity index is 1.30. The Morgan fingerprint density at radius 3 is 2.71 bits per heavy atom. The molecule has 6 nitrogen and oxygen atoms in total. The number of phenols is 1. The normalized spacial score (nSPS) is 19.7. The van der Waals surface area contributed by atoms with Crippen molar-refractivity contribution in [2.75, 3.05) is 18.0 Å². The number of nitrogens with one attached hydrogen (secondary N) is 1. The van der Waals surface area contributed by atoms with Gasteiger partial charge in [0, 0.05) is 42.5 Å². The van der Waals surface area contributed by atoms with Crippen LogP contribution < -0.4 is 10.2 Å². The lowest BCUT2D eigenvalue weighted by atomic mass is 10.1. The number of phenolic OH excluding ortho intramolecular Hbond substituents is 1. The zero-order chi connectivity index (χ0) is 21.5. The maximum absolute atomic E-state index is 14.7. The summed E-state index contributed by atoms with van der Waals surface area (Å²) >= 11 is 1.39. The van der Waals surface area contributed by atoms with Crippen molar-refractivity contribution in [3.05, 3.63) is 41.3 Å². The van der Waals surface area contributed by atoms with Gasteiger partial charge in [-0.2, -0.15) is 0 Å². The molecule has 3 heterocycles. The molecule has 3 aromatic rings. The van der Waals surface area contributed by atoms with Gasteiger partial charge < -0.3 is 15.3 Å². The minimum absolute atomic E-state index is 0.0241. The van der Waals surface area contributed by atoms with E-state index < -0.39 is 5.82 Å². The maximum atomic E-state index is 14.7. The zero-order valence-electron chi connectivity index (χ0n) is 17.7. The number of anilines is 1. The number of halogens is 1. The van der Waals surface area contributed by atoms with Gasteiger partial charge in [-0.05, 0) is 63.3 Å². The third-order valence-electron chi connectivity index (χ3n) is 6.24. The average molecular weight is 440 g/mol. The molecule has 0 amide bonds. The van der Waals surface area contributed by atoms with Gasteiger partial charge in [-0.1, -0.05) is 0 Å². The molecule has 1 aromatic carbocycles. The van der Waals surface area contributed by atoms with Crippen molar-refractivity contribution in [1.82, 2.24) is 20.5 Å². The number of rotatable bonds is 6. The quantitative estimate of drug-likeness (QED) is 0.594. The molecule has 2 fully saturated rings. The topological polar surface area (TPSA) is 74.2 Å². The van der Waals surface area contributed by atoms with Crippen LogP contribution in [0, 0.1) is 18.7 Å². The number of benzene rings is 1. The van der Waals surface area contributed by atoms with Crippen LogP contribution in [0.15, 0.2) is 30.5 Å². The van der Waals surface area contributed by atoms with E-state index in [2.05, 4.69) is 32.3 Å². The zero-order valence-corrected chi connectivity index (χ0v) is 18.5.